The van der Waals surface area contributed by atoms with Gasteiger partial charge in [0.25, 0.3) is 0 Å². The molecule has 0 saturated carbocycles. The Morgan fingerprint density at radius 3 is 3.08 bits per heavy atom. The highest BCUT2D eigenvalue weighted by Crippen LogP contribution is 2.27. The van der Waals surface area contributed by atoms with Crippen LogP contribution < -0.4 is 0 Å². The lowest BCUT2D eigenvalue weighted by atomic mass is 10.0. The summed E-state index contributed by atoms with van der Waals surface area (Å²) < 4.78 is 10.5. The summed E-state index contributed by atoms with van der Waals surface area (Å²) in [5.41, 5.74) is 0. The van der Waals surface area contributed by atoms with E-state index in [-0.39, 0.29) is 12.6 Å². The van der Waals surface area contributed by atoms with Crippen molar-refractivity contribution in [3.05, 3.63) is 6.42 Å². The number of nitrogens with zero attached hydrogens (tertiary/aromatic N) is 1. The zero-order valence-corrected chi connectivity index (χ0v) is 7.25. The summed E-state index contributed by atoms with van der Waals surface area (Å²) >= 11 is 0. The van der Waals surface area contributed by atoms with Crippen molar-refractivity contribution in [3.63, 3.8) is 0 Å². The quantitative estimate of drug-likeness (QED) is 0.556. The number of fused-ring (bicyclic) bond motifs is 1. The molecule has 1 fully saturated rings. The van der Waals surface area contributed by atoms with Crippen molar-refractivity contribution in [1.29, 1.82) is 0 Å². The van der Waals surface area contributed by atoms with Gasteiger partial charge in [-0.3, -0.25) is 0 Å². The summed E-state index contributed by atoms with van der Waals surface area (Å²) in [6.45, 7) is 1.56. The summed E-state index contributed by atoms with van der Waals surface area (Å²) in [6.07, 6.45) is -0.171. The maximum Gasteiger partial charge on any atom is 0.226 e. The van der Waals surface area contributed by atoms with Crippen molar-refractivity contribution < 1.29 is 19.7 Å². The molecule has 1 saturated heterocycles. The second kappa shape index (κ2) is 3.25. The monoisotopic (exact) mass is 186 g/mol. The van der Waals surface area contributed by atoms with Gasteiger partial charge in [0.2, 0.25) is 6.29 Å². The number of hydrogen-bond donors (Lipinski definition) is 2. The predicted octanol–water partition coefficient (Wildman–Crippen LogP) is -0.914. The number of ether oxygens (including phenoxy) is 2. The van der Waals surface area contributed by atoms with Gasteiger partial charge in [0, 0.05) is 13.3 Å². The van der Waals surface area contributed by atoms with E-state index in [0.29, 0.717) is 5.90 Å². The molecule has 5 nitrogen and oxygen atoms in total. The average molecular weight is 186 g/mol. The highest BCUT2D eigenvalue weighted by atomic mass is 16.7. The zero-order chi connectivity index (χ0) is 9.42. The third kappa shape index (κ3) is 1.54. The van der Waals surface area contributed by atoms with Gasteiger partial charge < -0.3 is 19.7 Å². The Morgan fingerprint density at radius 1 is 1.62 bits per heavy atom. The van der Waals surface area contributed by atoms with Crippen LogP contribution in [0.5, 0.6) is 0 Å². The Balaban J connectivity index is 2.06. The number of rotatable bonds is 1. The van der Waals surface area contributed by atoms with Crippen LogP contribution in [-0.4, -0.2) is 47.3 Å². The summed E-state index contributed by atoms with van der Waals surface area (Å²) in [5.74, 6) is 0.515. The molecule has 0 aliphatic carbocycles. The summed E-state index contributed by atoms with van der Waals surface area (Å²) in [5, 5.41) is 18.4. The molecule has 0 spiro atoms. The van der Waals surface area contributed by atoms with Gasteiger partial charge in [-0.2, -0.15) is 0 Å². The van der Waals surface area contributed by atoms with Crippen LogP contribution in [0.1, 0.15) is 6.92 Å². The minimum Gasteiger partial charge on any atom is -0.450 e. The van der Waals surface area contributed by atoms with Crippen LogP contribution in [0.2, 0.25) is 0 Å². The number of aliphatic hydroxyl groups excluding tert-OH is 2. The molecule has 73 valence electrons. The lowest BCUT2D eigenvalue weighted by molar-refractivity contribution is -0.166. The Hall–Kier alpha value is -0.650. The van der Waals surface area contributed by atoms with Gasteiger partial charge in [0.15, 0.2) is 5.90 Å². The van der Waals surface area contributed by atoms with Gasteiger partial charge in [-0.15, -0.1) is 0 Å². The topological polar surface area (TPSA) is 71.3 Å². The molecule has 13 heavy (non-hydrogen) atoms. The van der Waals surface area contributed by atoms with Gasteiger partial charge in [-0.25, -0.2) is 4.99 Å². The van der Waals surface area contributed by atoms with E-state index < -0.39 is 18.5 Å². The third-order valence-electron chi connectivity index (χ3n) is 2.15. The third-order valence-corrected chi connectivity index (χ3v) is 2.15. The fourth-order valence-electron chi connectivity index (χ4n) is 1.54. The minimum atomic E-state index is -0.701. The molecule has 4 atom stereocenters. The summed E-state index contributed by atoms with van der Waals surface area (Å²) in [7, 11) is 0. The number of aliphatic imine (C=N–C) groups is 1. The number of hydrogen-bond acceptors (Lipinski definition) is 5. The second-order valence-electron chi connectivity index (χ2n) is 3.17. The lowest BCUT2D eigenvalue weighted by Crippen LogP contribution is -2.47. The van der Waals surface area contributed by atoms with E-state index >= 15 is 0 Å². The molecule has 2 aliphatic heterocycles. The first-order valence-electron chi connectivity index (χ1n) is 4.21. The van der Waals surface area contributed by atoms with Crippen LogP contribution in [0.4, 0.5) is 0 Å². The molecule has 2 N–H and O–H groups in total. The fourth-order valence-corrected chi connectivity index (χ4v) is 1.54. The Kier molecular flexibility index (Phi) is 2.23. The Labute approximate surface area is 76.0 Å². The number of aliphatic hydroxyl groups is 2. The molecular formula is C8H12NO4. The van der Waals surface area contributed by atoms with E-state index in [0.717, 1.165) is 0 Å². The predicted molar refractivity (Wildman–Crippen MR) is 44.0 cm³/mol. The van der Waals surface area contributed by atoms with E-state index in [4.69, 9.17) is 14.6 Å². The van der Waals surface area contributed by atoms with Gasteiger partial charge >= 0.3 is 0 Å². The van der Waals surface area contributed by atoms with E-state index in [1.54, 1.807) is 6.92 Å². The second-order valence-corrected chi connectivity index (χ2v) is 3.17. The van der Waals surface area contributed by atoms with Crippen LogP contribution in [0.25, 0.3) is 0 Å². The van der Waals surface area contributed by atoms with Gasteiger partial charge in [0.05, 0.1) is 18.8 Å². The molecule has 2 rings (SSSR count). The normalized spacial score (nSPS) is 43.8. The Morgan fingerprint density at radius 2 is 2.38 bits per heavy atom. The van der Waals surface area contributed by atoms with Crippen LogP contribution in [-0.2, 0) is 9.47 Å². The zero-order valence-electron chi connectivity index (χ0n) is 7.25. The molecule has 2 heterocycles. The van der Waals surface area contributed by atoms with Crippen LogP contribution in [0, 0.1) is 6.42 Å². The largest absolute Gasteiger partial charge is 0.450 e. The maximum atomic E-state index is 9.56. The molecule has 2 aliphatic rings. The van der Waals surface area contributed by atoms with Crippen LogP contribution in [0.15, 0.2) is 4.99 Å². The SMILES string of the molecule is CC1=N[C@H]2[C@@H](O1)O[C@@H](CO)[CH][C@H]2O. The maximum absolute atomic E-state index is 9.56. The van der Waals surface area contributed by atoms with Crippen molar-refractivity contribution >= 4 is 5.90 Å². The molecule has 0 amide bonds. The molecule has 0 bridgehead atoms. The average Bonchev–Trinajstić information content (AvgIpc) is 2.46. The van der Waals surface area contributed by atoms with Gasteiger partial charge in [-0.05, 0) is 0 Å². The van der Waals surface area contributed by atoms with Crippen molar-refractivity contribution in [2.45, 2.75) is 31.5 Å². The first-order chi connectivity index (χ1) is 6.20. The first kappa shape index (κ1) is 8.93. The van der Waals surface area contributed by atoms with Gasteiger partial charge in [0.1, 0.15) is 6.04 Å². The molecule has 0 unspecified atom stereocenters. The van der Waals surface area contributed by atoms with Crippen molar-refractivity contribution in [3.8, 4) is 0 Å². The van der Waals surface area contributed by atoms with Gasteiger partial charge in [-0.1, -0.05) is 0 Å². The smallest absolute Gasteiger partial charge is 0.226 e. The fraction of sp³-hybridized carbons (Fsp3) is 0.750. The van der Waals surface area contributed by atoms with Crippen molar-refractivity contribution in [1.82, 2.24) is 0 Å². The summed E-state index contributed by atoms with van der Waals surface area (Å²) in [4.78, 5) is 4.07. The van der Waals surface area contributed by atoms with E-state index in [1.165, 1.54) is 6.42 Å². The van der Waals surface area contributed by atoms with Crippen LogP contribution in [0.3, 0.4) is 0 Å². The molecule has 5 heteroatoms. The van der Waals surface area contributed by atoms with Crippen molar-refractivity contribution in [2.24, 2.45) is 4.99 Å². The lowest BCUT2D eigenvalue weighted by Gasteiger charge is -2.32. The molecule has 0 aromatic carbocycles. The van der Waals surface area contributed by atoms with E-state index in [1.807, 2.05) is 0 Å². The minimum absolute atomic E-state index is 0.150. The van der Waals surface area contributed by atoms with E-state index in [2.05, 4.69) is 4.99 Å². The van der Waals surface area contributed by atoms with E-state index in [9.17, 15) is 5.11 Å². The highest BCUT2D eigenvalue weighted by Gasteiger charge is 2.42. The Bertz CT molecular complexity index is 230. The first-order valence-corrected chi connectivity index (χ1v) is 4.21. The molecule has 0 aromatic heterocycles. The molecule has 0 aromatic rings. The van der Waals surface area contributed by atoms with Crippen molar-refractivity contribution in [2.75, 3.05) is 6.61 Å². The molecule has 1 radical (unpaired) electrons. The molecular weight excluding hydrogens is 174 g/mol. The van der Waals surface area contributed by atoms with Crippen LogP contribution >= 0.6 is 0 Å². The summed E-state index contributed by atoms with van der Waals surface area (Å²) in [6, 6.07) is -0.372. The highest BCUT2D eigenvalue weighted by molar-refractivity contribution is 5.75. The standard InChI is InChI=1S/C8H12NO4/c1-4-9-7-6(11)2-5(3-10)13-8(7)12-4/h2,5-8,10-11H,3H2,1H3/t5-,6-,7-,8+/m1/s1.